The van der Waals surface area contributed by atoms with Gasteiger partial charge in [-0.3, -0.25) is 9.89 Å². The lowest BCUT2D eigenvalue weighted by Crippen LogP contribution is -2.32. The second-order valence-electron chi connectivity index (χ2n) is 10.1. The summed E-state index contributed by atoms with van der Waals surface area (Å²) in [6.45, 7) is 11.6. The first-order chi connectivity index (χ1) is 13.1. The van der Waals surface area contributed by atoms with Crippen LogP contribution in [0.1, 0.15) is 62.7 Å². The molecule has 0 saturated carbocycles. The van der Waals surface area contributed by atoms with Crippen molar-refractivity contribution in [1.29, 1.82) is 0 Å². The Labute approximate surface area is 166 Å². The Morgan fingerprint density at radius 3 is 2.79 bits per heavy atom. The fourth-order valence-electron chi connectivity index (χ4n) is 3.91. The minimum absolute atomic E-state index is 0.0349. The zero-order valence-electron chi connectivity index (χ0n) is 17.5. The predicted molar refractivity (Wildman–Crippen MR) is 113 cm³/mol. The third-order valence-electron chi connectivity index (χ3n) is 5.58. The van der Waals surface area contributed by atoms with Crippen LogP contribution in [0.4, 0.5) is 0 Å². The fourth-order valence-corrected chi connectivity index (χ4v) is 3.91. The van der Waals surface area contributed by atoms with Crippen molar-refractivity contribution < 1.29 is 4.79 Å². The minimum atomic E-state index is -0.0349. The lowest BCUT2D eigenvalue weighted by molar-refractivity contribution is 0.0939. The summed E-state index contributed by atoms with van der Waals surface area (Å²) in [5, 5.41) is 12.0. The maximum atomic E-state index is 12.5. The van der Waals surface area contributed by atoms with E-state index in [1.165, 1.54) is 17.7 Å². The van der Waals surface area contributed by atoms with Crippen molar-refractivity contribution in [1.82, 2.24) is 20.5 Å². The van der Waals surface area contributed by atoms with Gasteiger partial charge in [0.1, 0.15) is 5.69 Å². The fraction of sp³-hybridized carbons (Fsp3) is 0.478. The van der Waals surface area contributed by atoms with Crippen LogP contribution in [-0.4, -0.2) is 27.6 Å². The predicted octanol–water partition coefficient (Wildman–Crippen LogP) is 4.85. The number of aromatic nitrogens is 3. The topological polar surface area (TPSA) is 73.6 Å². The van der Waals surface area contributed by atoms with Gasteiger partial charge < -0.3 is 10.3 Å². The number of aromatic amines is 2. The molecule has 5 nitrogen and oxygen atoms in total. The molecule has 1 aliphatic rings. The highest BCUT2D eigenvalue weighted by Gasteiger charge is 2.29. The average molecular weight is 379 g/mol. The van der Waals surface area contributed by atoms with E-state index in [0.29, 0.717) is 17.5 Å². The van der Waals surface area contributed by atoms with Gasteiger partial charge in [-0.1, -0.05) is 40.7 Å². The van der Waals surface area contributed by atoms with Gasteiger partial charge in [0.2, 0.25) is 0 Å². The summed E-state index contributed by atoms with van der Waals surface area (Å²) in [7, 11) is 0. The maximum Gasteiger partial charge on any atom is 0.251 e. The van der Waals surface area contributed by atoms with Gasteiger partial charge in [0.25, 0.3) is 5.91 Å². The number of amides is 1. The number of rotatable bonds is 3. The molecule has 0 aliphatic heterocycles. The molecule has 0 saturated heterocycles. The van der Waals surface area contributed by atoms with Crippen molar-refractivity contribution in [2.75, 3.05) is 6.54 Å². The van der Waals surface area contributed by atoms with Gasteiger partial charge in [-0.25, -0.2) is 0 Å². The lowest BCUT2D eigenvalue weighted by atomic mass is 9.76. The molecule has 3 aromatic rings. The summed E-state index contributed by atoms with van der Waals surface area (Å²) in [5.74, 6) is -0.0349. The first-order valence-corrected chi connectivity index (χ1v) is 10.1. The molecule has 3 N–H and O–H groups in total. The minimum Gasteiger partial charge on any atom is -0.353 e. The molecule has 2 aromatic heterocycles. The van der Waals surface area contributed by atoms with Gasteiger partial charge in [0.05, 0.1) is 5.69 Å². The largest absolute Gasteiger partial charge is 0.353 e. The van der Waals surface area contributed by atoms with E-state index in [4.69, 9.17) is 0 Å². The van der Waals surface area contributed by atoms with Crippen LogP contribution in [0, 0.1) is 10.8 Å². The maximum absolute atomic E-state index is 12.5. The second kappa shape index (κ2) is 6.50. The molecule has 0 unspecified atom stereocenters. The Hall–Kier alpha value is -2.56. The van der Waals surface area contributed by atoms with E-state index in [1.54, 1.807) is 0 Å². The van der Waals surface area contributed by atoms with Crippen molar-refractivity contribution >= 4 is 16.8 Å². The summed E-state index contributed by atoms with van der Waals surface area (Å²) in [6.07, 6.45) is 3.25. The highest BCUT2D eigenvalue weighted by molar-refractivity contribution is 5.98. The monoisotopic (exact) mass is 378 g/mol. The van der Waals surface area contributed by atoms with Gasteiger partial charge in [-0.15, -0.1) is 0 Å². The van der Waals surface area contributed by atoms with Gasteiger partial charge in [0.15, 0.2) is 0 Å². The van der Waals surface area contributed by atoms with E-state index in [1.807, 2.05) is 18.2 Å². The SMILES string of the molecule is CC(C)(C)CNC(=O)c1ccc2cc(-c3n[nH]c4c3CCC(C)(C)C4)[nH]c2c1. The summed E-state index contributed by atoms with van der Waals surface area (Å²) in [5.41, 5.74) is 6.64. The van der Waals surface area contributed by atoms with Crippen LogP contribution in [0.15, 0.2) is 24.3 Å². The molecule has 1 aliphatic carbocycles. The average Bonchev–Trinajstić information content (AvgIpc) is 3.20. The van der Waals surface area contributed by atoms with Crippen molar-refractivity contribution in [3.63, 3.8) is 0 Å². The Kier molecular flexibility index (Phi) is 4.36. The molecular formula is C23H30N4O. The van der Waals surface area contributed by atoms with Gasteiger partial charge in [-0.05, 0) is 48.3 Å². The molecular weight excluding hydrogens is 348 g/mol. The van der Waals surface area contributed by atoms with Crippen LogP contribution < -0.4 is 5.32 Å². The normalized spacial score (nSPS) is 16.2. The third kappa shape index (κ3) is 3.71. The van der Waals surface area contributed by atoms with Crippen molar-refractivity contribution in [2.45, 2.75) is 53.9 Å². The number of H-pyrrole nitrogens is 2. The molecule has 1 aromatic carbocycles. The van der Waals surface area contributed by atoms with Crippen LogP contribution in [-0.2, 0) is 12.8 Å². The number of carbonyl (C=O) groups excluding carboxylic acids is 1. The molecule has 0 fully saturated rings. The lowest BCUT2D eigenvalue weighted by Gasteiger charge is -2.28. The van der Waals surface area contributed by atoms with E-state index in [9.17, 15) is 4.79 Å². The summed E-state index contributed by atoms with van der Waals surface area (Å²) in [6, 6.07) is 7.95. The van der Waals surface area contributed by atoms with Crippen molar-refractivity contribution in [2.24, 2.45) is 10.8 Å². The molecule has 2 heterocycles. The number of hydrogen-bond acceptors (Lipinski definition) is 2. The van der Waals surface area contributed by atoms with Crippen molar-refractivity contribution in [3.8, 4) is 11.4 Å². The Balaban J connectivity index is 1.61. The van der Waals surface area contributed by atoms with Crippen LogP contribution in [0.3, 0.4) is 0 Å². The number of fused-ring (bicyclic) bond motifs is 2. The van der Waals surface area contributed by atoms with E-state index < -0.39 is 0 Å². The summed E-state index contributed by atoms with van der Waals surface area (Å²) >= 11 is 0. The number of nitrogens with one attached hydrogen (secondary N) is 3. The van der Waals surface area contributed by atoms with Gasteiger partial charge in [0, 0.05) is 34.3 Å². The summed E-state index contributed by atoms with van der Waals surface area (Å²) < 4.78 is 0. The molecule has 0 spiro atoms. The highest BCUT2D eigenvalue weighted by Crippen LogP contribution is 2.38. The van der Waals surface area contributed by atoms with Crippen molar-refractivity contribution in [3.05, 3.63) is 41.1 Å². The van der Waals surface area contributed by atoms with E-state index in [2.05, 4.69) is 61.2 Å². The number of hydrogen-bond donors (Lipinski definition) is 3. The third-order valence-corrected chi connectivity index (χ3v) is 5.58. The Morgan fingerprint density at radius 1 is 1.25 bits per heavy atom. The zero-order chi connectivity index (χ0) is 20.1. The molecule has 148 valence electrons. The summed E-state index contributed by atoms with van der Waals surface area (Å²) in [4.78, 5) is 16.0. The van der Waals surface area contributed by atoms with E-state index >= 15 is 0 Å². The molecule has 28 heavy (non-hydrogen) atoms. The van der Waals surface area contributed by atoms with Crippen LogP contribution in [0.5, 0.6) is 0 Å². The second-order valence-corrected chi connectivity index (χ2v) is 10.1. The molecule has 0 atom stereocenters. The Bertz CT molecular complexity index is 1030. The Morgan fingerprint density at radius 2 is 2.04 bits per heavy atom. The molecule has 5 heteroatoms. The molecule has 0 bridgehead atoms. The quantitative estimate of drug-likeness (QED) is 0.609. The number of carbonyl (C=O) groups is 1. The first kappa shape index (κ1) is 18.8. The smallest absolute Gasteiger partial charge is 0.251 e. The van der Waals surface area contributed by atoms with E-state index in [-0.39, 0.29) is 11.3 Å². The number of nitrogens with zero attached hydrogens (tertiary/aromatic N) is 1. The van der Waals surface area contributed by atoms with Gasteiger partial charge >= 0.3 is 0 Å². The van der Waals surface area contributed by atoms with Crippen LogP contribution >= 0.6 is 0 Å². The zero-order valence-corrected chi connectivity index (χ0v) is 17.5. The number of benzene rings is 1. The molecule has 1 amide bonds. The van der Waals surface area contributed by atoms with Crippen LogP contribution in [0.25, 0.3) is 22.3 Å². The van der Waals surface area contributed by atoms with Crippen LogP contribution in [0.2, 0.25) is 0 Å². The first-order valence-electron chi connectivity index (χ1n) is 10.1. The standard InChI is InChI=1S/C23H30N4O/c1-22(2,3)13-24-21(28)15-7-6-14-10-18(25-17(14)11-15)20-16-8-9-23(4,5)12-19(16)26-27-20/h6-7,10-11,25H,8-9,12-13H2,1-5H3,(H,24,28)(H,26,27). The van der Waals surface area contributed by atoms with Gasteiger partial charge in [-0.2, -0.15) is 5.10 Å². The highest BCUT2D eigenvalue weighted by atomic mass is 16.1. The molecule has 0 radical (unpaired) electrons. The van der Waals surface area contributed by atoms with E-state index in [0.717, 1.165) is 35.1 Å². The molecule has 4 rings (SSSR count).